The van der Waals surface area contributed by atoms with Crippen LogP contribution in [-0.4, -0.2) is 28.0 Å². The Morgan fingerprint density at radius 1 is 1.32 bits per heavy atom. The highest BCUT2D eigenvalue weighted by Gasteiger charge is 2.34. The number of fused-ring (bicyclic) bond motifs is 1. The maximum absolute atomic E-state index is 8.67. The molecule has 3 N–H and O–H groups in total. The van der Waals surface area contributed by atoms with Crippen LogP contribution >= 0.6 is 22.9 Å². The van der Waals surface area contributed by atoms with Crippen molar-refractivity contribution in [1.29, 1.82) is 5.41 Å². The molecule has 0 radical (unpaired) electrons. The van der Waals surface area contributed by atoms with Crippen molar-refractivity contribution in [2.24, 2.45) is 10.7 Å². The minimum atomic E-state index is -0.233. The molecule has 0 aliphatic carbocycles. The fourth-order valence-corrected chi connectivity index (χ4v) is 4.40. The van der Waals surface area contributed by atoms with Gasteiger partial charge in [0.2, 0.25) is 0 Å². The SMILES string of the molecule is CC[C@@H]1N=C(c2ccc(Cl)cc2)c2c(sc(C)c2C)[N+](=C(C)N)C1=N. The van der Waals surface area contributed by atoms with E-state index in [1.54, 1.807) is 11.3 Å². The number of nitrogens with zero attached hydrogens (tertiary/aromatic N) is 2. The van der Waals surface area contributed by atoms with E-state index in [0.717, 1.165) is 28.3 Å². The van der Waals surface area contributed by atoms with E-state index in [9.17, 15) is 0 Å². The highest BCUT2D eigenvalue weighted by atomic mass is 35.5. The molecular weight excluding hydrogens is 352 g/mol. The molecule has 25 heavy (non-hydrogen) atoms. The summed E-state index contributed by atoms with van der Waals surface area (Å²) in [6, 6.07) is 7.50. The second-order valence-electron chi connectivity index (χ2n) is 6.23. The van der Waals surface area contributed by atoms with Gasteiger partial charge < -0.3 is 5.73 Å². The molecule has 1 aromatic heterocycles. The summed E-state index contributed by atoms with van der Waals surface area (Å²) in [6.07, 6.45) is 0.743. The molecule has 6 heteroatoms. The fraction of sp³-hybridized carbons (Fsp3) is 0.316. The minimum Gasteiger partial charge on any atom is -0.322 e. The summed E-state index contributed by atoms with van der Waals surface area (Å²) >= 11 is 7.72. The van der Waals surface area contributed by atoms with Crippen LogP contribution in [0, 0.1) is 19.3 Å². The third-order valence-corrected chi connectivity index (χ3v) is 5.95. The van der Waals surface area contributed by atoms with Gasteiger partial charge in [-0.2, -0.15) is 9.98 Å². The first-order valence-electron chi connectivity index (χ1n) is 8.26. The lowest BCUT2D eigenvalue weighted by Crippen LogP contribution is -2.33. The van der Waals surface area contributed by atoms with Gasteiger partial charge in [-0.1, -0.05) is 30.7 Å². The number of aliphatic imine (C=N–C) groups is 1. The zero-order valence-electron chi connectivity index (χ0n) is 14.9. The van der Waals surface area contributed by atoms with E-state index in [1.165, 1.54) is 10.4 Å². The zero-order valence-corrected chi connectivity index (χ0v) is 16.4. The van der Waals surface area contributed by atoms with Gasteiger partial charge >= 0.3 is 0 Å². The normalized spacial score (nSPS) is 19.3. The van der Waals surface area contributed by atoms with Crippen molar-refractivity contribution in [2.75, 3.05) is 0 Å². The van der Waals surface area contributed by atoms with E-state index in [4.69, 9.17) is 27.7 Å². The molecule has 0 unspecified atom stereocenters. The van der Waals surface area contributed by atoms with Gasteiger partial charge in [-0.05, 0) is 38.0 Å². The van der Waals surface area contributed by atoms with Gasteiger partial charge in [0.1, 0.15) is 6.04 Å². The van der Waals surface area contributed by atoms with Crippen molar-refractivity contribution in [1.82, 2.24) is 0 Å². The number of nitrogens with two attached hydrogens (primary N) is 1. The highest BCUT2D eigenvalue weighted by Crippen LogP contribution is 2.39. The van der Waals surface area contributed by atoms with Gasteiger partial charge in [0.15, 0.2) is 10.8 Å². The van der Waals surface area contributed by atoms with Crippen molar-refractivity contribution in [2.45, 2.75) is 40.2 Å². The topological polar surface area (TPSA) is 65.2 Å². The number of amidine groups is 2. The maximum Gasteiger partial charge on any atom is 0.260 e. The lowest BCUT2D eigenvalue weighted by molar-refractivity contribution is -0.309. The van der Waals surface area contributed by atoms with Crippen molar-refractivity contribution < 1.29 is 4.58 Å². The quantitative estimate of drug-likeness (QED) is 0.584. The van der Waals surface area contributed by atoms with Crippen LogP contribution < -0.4 is 5.73 Å². The number of nitrogens with one attached hydrogen (secondary N) is 1. The first kappa shape index (κ1) is 17.8. The van der Waals surface area contributed by atoms with Crippen molar-refractivity contribution in [3.05, 3.63) is 50.9 Å². The zero-order chi connectivity index (χ0) is 18.3. The van der Waals surface area contributed by atoms with E-state index >= 15 is 0 Å². The van der Waals surface area contributed by atoms with Gasteiger partial charge in [0.25, 0.3) is 5.84 Å². The summed E-state index contributed by atoms with van der Waals surface area (Å²) in [5.41, 5.74) is 10.3. The Hall–Kier alpha value is -1.98. The van der Waals surface area contributed by atoms with Gasteiger partial charge in [-0.3, -0.25) is 4.99 Å². The predicted molar refractivity (Wildman–Crippen MR) is 107 cm³/mol. The molecule has 1 aliphatic rings. The summed E-state index contributed by atoms with van der Waals surface area (Å²) in [4.78, 5) is 6.18. The number of benzene rings is 1. The van der Waals surface area contributed by atoms with E-state index in [1.807, 2.05) is 42.7 Å². The Morgan fingerprint density at radius 3 is 2.52 bits per heavy atom. The third-order valence-electron chi connectivity index (χ3n) is 4.51. The molecule has 1 aliphatic heterocycles. The Morgan fingerprint density at radius 2 is 1.96 bits per heavy atom. The second kappa shape index (κ2) is 6.73. The molecule has 0 fully saturated rings. The number of thiophene rings is 1. The van der Waals surface area contributed by atoms with Crippen LogP contribution in [0.5, 0.6) is 0 Å². The van der Waals surface area contributed by atoms with Crippen LogP contribution in [-0.2, 0) is 0 Å². The van der Waals surface area contributed by atoms with Gasteiger partial charge in [-0.25, -0.2) is 0 Å². The summed E-state index contributed by atoms with van der Waals surface area (Å²) < 4.78 is 1.85. The summed E-state index contributed by atoms with van der Waals surface area (Å²) in [5, 5.41) is 10.3. The number of rotatable bonds is 2. The molecule has 130 valence electrons. The average Bonchev–Trinajstić information content (AvgIpc) is 2.77. The van der Waals surface area contributed by atoms with Gasteiger partial charge in [0, 0.05) is 22.4 Å². The monoisotopic (exact) mass is 373 g/mol. The van der Waals surface area contributed by atoms with E-state index in [0.29, 0.717) is 16.7 Å². The molecule has 0 amide bonds. The molecule has 2 aromatic rings. The van der Waals surface area contributed by atoms with E-state index in [2.05, 4.69) is 13.8 Å². The Labute approximate surface area is 157 Å². The molecule has 3 rings (SSSR count). The molecule has 0 saturated carbocycles. The lowest BCUT2D eigenvalue weighted by Gasteiger charge is -2.10. The lowest BCUT2D eigenvalue weighted by atomic mass is 10.00. The summed E-state index contributed by atoms with van der Waals surface area (Å²) in [6.45, 7) is 8.08. The number of aryl methyl sites for hydroxylation is 1. The van der Waals surface area contributed by atoms with Crippen LogP contribution in [0.2, 0.25) is 5.02 Å². The van der Waals surface area contributed by atoms with Crippen molar-refractivity contribution in [3.63, 3.8) is 0 Å². The number of hydrogen-bond acceptors (Lipinski definition) is 3. The van der Waals surface area contributed by atoms with Gasteiger partial charge in [0.05, 0.1) is 11.3 Å². The maximum atomic E-state index is 8.67. The van der Waals surface area contributed by atoms with Crippen LogP contribution in [0.3, 0.4) is 0 Å². The molecule has 2 heterocycles. The molecule has 4 nitrogen and oxygen atoms in total. The number of hydrogen-bond donors (Lipinski definition) is 2. The highest BCUT2D eigenvalue weighted by molar-refractivity contribution is 7.16. The van der Waals surface area contributed by atoms with Crippen LogP contribution in [0.4, 0.5) is 5.00 Å². The molecule has 0 saturated heterocycles. The molecule has 1 aromatic carbocycles. The standard InChI is InChI=1S/C19H21ClN4S/c1-5-15-18(22)24(12(4)21)19-16(10(2)11(3)25-19)17(23-15)13-6-8-14(20)9-7-13/h6-9,15,21-22H,5H2,1-4H3/p+1/t15-/m0/s1. The summed E-state index contributed by atoms with van der Waals surface area (Å²) in [7, 11) is 0. The van der Waals surface area contributed by atoms with Crippen molar-refractivity contribution >= 4 is 45.3 Å². The second-order valence-corrected chi connectivity index (χ2v) is 7.87. The van der Waals surface area contributed by atoms with Gasteiger partial charge in [-0.15, -0.1) is 11.3 Å². The first-order chi connectivity index (χ1) is 11.8. The summed E-state index contributed by atoms with van der Waals surface area (Å²) in [5.74, 6) is 1.02. The van der Waals surface area contributed by atoms with E-state index < -0.39 is 0 Å². The van der Waals surface area contributed by atoms with E-state index in [-0.39, 0.29) is 6.04 Å². The predicted octanol–water partition coefficient (Wildman–Crippen LogP) is 4.65. The largest absolute Gasteiger partial charge is 0.322 e. The molecule has 1 atom stereocenters. The average molecular weight is 374 g/mol. The minimum absolute atomic E-state index is 0.233. The molecule has 0 bridgehead atoms. The molecule has 0 spiro atoms. The van der Waals surface area contributed by atoms with Crippen LogP contribution in [0.25, 0.3) is 0 Å². The Kier molecular flexibility index (Phi) is 4.80. The number of halogens is 1. The smallest absolute Gasteiger partial charge is 0.260 e. The van der Waals surface area contributed by atoms with Crippen LogP contribution in [0.1, 0.15) is 41.8 Å². The Bertz CT molecular complexity index is 902. The van der Waals surface area contributed by atoms with Crippen molar-refractivity contribution in [3.8, 4) is 0 Å². The first-order valence-corrected chi connectivity index (χ1v) is 9.46. The van der Waals surface area contributed by atoms with Crippen LogP contribution in [0.15, 0.2) is 29.3 Å². The third kappa shape index (κ3) is 3.02. The fourth-order valence-electron chi connectivity index (χ4n) is 3.05. The molecular formula is C19H22ClN4S+. The Balaban J connectivity index is 2.36.